The Hall–Kier alpha value is -4.00. The van der Waals surface area contributed by atoms with Crippen molar-refractivity contribution in [2.75, 3.05) is 17.7 Å². The number of rotatable bonds is 5. The molecule has 0 spiro atoms. The summed E-state index contributed by atoms with van der Waals surface area (Å²) in [5.41, 5.74) is 2.53. The second-order valence-electron chi connectivity index (χ2n) is 5.99. The number of pyridine rings is 1. The Bertz CT molecular complexity index is 1110. The van der Waals surface area contributed by atoms with Crippen molar-refractivity contribution in [3.8, 4) is 5.75 Å². The summed E-state index contributed by atoms with van der Waals surface area (Å²) in [4.78, 5) is 16.7. The van der Waals surface area contributed by atoms with Crippen molar-refractivity contribution in [2.45, 2.75) is 0 Å². The topological polar surface area (TPSA) is 89.0 Å². The van der Waals surface area contributed by atoms with Crippen molar-refractivity contribution in [1.82, 2.24) is 15.2 Å². The van der Waals surface area contributed by atoms with Crippen LogP contribution in [0.5, 0.6) is 5.75 Å². The lowest BCUT2D eigenvalue weighted by Gasteiger charge is -2.09. The minimum Gasteiger partial charge on any atom is -0.497 e. The summed E-state index contributed by atoms with van der Waals surface area (Å²) >= 11 is 0. The van der Waals surface area contributed by atoms with E-state index >= 15 is 0 Å². The number of carbonyl (C=O) groups is 1. The Balaban J connectivity index is 1.47. The summed E-state index contributed by atoms with van der Waals surface area (Å²) in [5.74, 6) is 0.909. The van der Waals surface area contributed by atoms with Gasteiger partial charge < -0.3 is 15.4 Å². The van der Waals surface area contributed by atoms with Crippen LogP contribution in [-0.2, 0) is 0 Å². The van der Waals surface area contributed by atoms with Gasteiger partial charge in [-0.3, -0.25) is 9.78 Å². The van der Waals surface area contributed by atoms with Gasteiger partial charge in [-0.2, -0.15) is 0 Å². The predicted octanol–water partition coefficient (Wildman–Crippen LogP) is 4.03. The van der Waals surface area contributed by atoms with Crippen LogP contribution >= 0.6 is 0 Å². The molecule has 0 aliphatic heterocycles. The van der Waals surface area contributed by atoms with E-state index in [0.29, 0.717) is 11.5 Å². The van der Waals surface area contributed by atoms with E-state index in [1.54, 1.807) is 49.7 Å². The minimum absolute atomic E-state index is 0.220. The molecule has 138 valence electrons. The van der Waals surface area contributed by atoms with E-state index in [2.05, 4.69) is 25.8 Å². The third-order valence-corrected chi connectivity index (χ3v) is 4.14. The molecule has 0 bridgehead atoms. The van der Waals surface area contributed by atoms with Crippen LogP contribution in [0.3, 0.4) is 0 Å². The molecule has 4 rings (SSSR count). The lowest BCUT2D eigenvalue weighted by atomic mass is 10.2. The van der Waals surface area contributed by atoms with E-state index in [9.17, 15) is 4.79 Å². The third-order valence-electron chi connectivity index (χ3n) is 4.14. The van der Waals surface area contributed by atoms with E-state index in [0.717, 1.165) is 22.3 Å². The van der Waals surface area contributed by atoms with E-state index in [1.807, 2.05) is 30.3 Å². The van der Waals surface area contributed by atoms with E-state index in [-0.39, 0.29) is 11.6 Å². The van der Waals surface area contributed by atoms with Crippen molar-refractivity contribution in [3.63, 3.8) is 0 Å². The number of methoxy groups -OCH3 is 1. The van der Waals surface area contributed by atoms with Crippen LogP contribution in [0.2, 0.25) is 0 Å². The molecule has 0 aliphatic carbocycles. The number of nitrogens with one attached hydrogen (secondary N) is 2. The first kappa shape index (κ1) is 17.4. The zero-order chi connectivity index (χ0) is 19.3. The van der Waals surface area contributed by atoms with Crippen LogP contribution in [0.25, 0.3) is 10.9 Å². The summed E-state index contributed by atoms with van der Waals surface area (Å²) in [6.07, 6.45) is 1.74. The lowest BCUT2D eigenvalue weighted by Crippen LogP contribution is -2.14. The molecule has 2 N–H and O–H groups in total. The highest BCUT2D eigenvalue weighted by molar-refractivity contribution is 6.02. The predicted molar refractivity (Wildman–Crippen MR) is 108 cm³/mol. The molecule has 0 radical (unpaired) electrons. The molecule has 0 atom stereocenters. The van der Waals surface area contributed by atoms with Crippen molar-refractivity contribution >= 4 is 34.0 Å². The maximum absolute atomic E-state index is 12.3. The number of anilines is 3. The van der Waals surface area contributed by atoms with Gasteiger partial charge in [0.05, 0.1) is 18.3 Å². The van der Waals surface area contributed by atoms with Gasteiger partial charge >= 0.3 is 0 Å². The van der Waals surface area contributed by atoms with Crippen LogP contribution in [0.4, 0.5) is 17.2 Å². The first-order chi connectivity index (χ1) is 13.7. The van der Waals surface area contributed by atoms with Gasteiger partial charge in [0.2, 0.25) is 0 Å². The molecular formula is C21H17N5O2. The Morgan fingerprint density at radius 1 is 0.929 bits per heavy atom. The number of aromatic nitrogens is 3. The molecule has 0 fully saturated rings. The summed E-state index contributed by atoms with van der Waals surface area (Å²) in [7, 11) is 1.59. The quantitative estimate of drug-likeness (QED) is 0.551. The molecule has 2 aromatic heterocycles. The minimum atomic E-state index is -0.337. The van der Waals surface area contributed by atoms with Crippen LogP contribution in [0.1, 0.15) is 10.5 Å². The normalized spacial score (nSPS) is 10.5. The third kappa shape index (κ3) is 3.73. The van der Waals surface area contributed by atoms with E-state index in [4.69, 9.17) is 4.74 Å². The van der Waals surface area contributed by atoms with Gasteiger partial charge in [0.25, 0.3) is 5.91 Å². The molecule has 2 heterocycles. The Kier molecular flexibility index (Phi) is 4.79. The number of hydrogen-bond acceptors (Lipinski definition) is 6. The zero-order valence-corrected chi connectivity index (χ0v) is 15.1. The summed E-state index contributed by atoms with van der Waals surface area (Å²) < 4.78 is 5.10. The molecule has 4 aromatic rings. The highest BCUT2D eigenvalue weighted by Gasteiger charge is 2.10. The van der Waals surface area contributed by atoms with Gasteiger partial charge in [0.15, 0.2) is 11.5 Å². The van der Waals surface area contributed by atoms with Crippen molar-refractivity contribution < 1.29 is 9.53 Å². The number of benzene rings is 2. The summed E-state index contributed by atoms with van der Waals surface area (Å²) in [6.45, 7) is 0. The van der Waals surface area contributed by atoms with Crippen molar-refractivity contribution in [3.05, 3.63) is 78.6 Å². The Morgan fingerprint density at radius 3 is 2.50 bits per heavy atom. The van der Waals surface area contributed by atoms with Crippen LogP contribution in [0.15, 0.2) is 72.9 Å². The van der Waals surface area contributed by atoms with Gasteiger partial charge in [-0.25, -0.2) is 0 Å². The second-order valence-corrected chi connectivity index (χ2v) is 5.99. The van der Waals surface area contributed by atoms with Crippen LogP contribution in [-0.4, -0.2) is 28.2 Å². The monoisotopic (exact) mass is 371 g/mol. The Labute approximate surface area is 161 Å². The molecule has 7 nitrogen and oxygen atoms in total. The van der Waals surface area contributed by atoms with Crippen molar-refractivity contribution in [1.29, 1.82) is 0 Å². The van der Waals surface area contributed by atoms with Crippen LogP contribution < -0.4 is 15.4 Å². The van der Waals surface area contributed by atoms with E-state index in [1.165, 1.54) is 0 Å². The number of fused-ring (bicyclic) bond motifs is 1. The summed E-state index contributed by atoms with van der Waals surface area (Å²) in [5, 5.41) is 15.1. The molecule has 1 amide bonds. The molecular weight excluding hydrogens is 354 g/mol. The number of nitrogens with zero attached hydrogens (tertiary/aromatic N) is 3. The number of ether oxygens (including phenoxy) is 1. The fourth-order valence-electron chi connectivity index (χ4n) is 2.73. The molecule has 0 saturated carbocycles. The maximum atomic E-state index is 12.3. The van der Waals surface area contributed by atoms with Gasteiger partial charge in [-0.15, -0.1) is 10.2 Å². The molecule has 28 heavy (non-hydrogen) atoms. The number of amides is 1. The highest BCUT2D eigenvalue weighted by atomic mass is 16.5. The number of carbonyl (C=O) groups excluding carboxylic acids is 1. The van der Waals surface area contributed by atoms with Gasteiger partial charge in [0.1, 0.15) is 5.75 Å². The molecule has 0 aliphatic rings. The molecule has 0 unspecified atom stereocenters. The lowest BCUT2D eigenvalue weighted by molar-refractivity contribution is 0.102. The SMILES string of the molecule is COc1ccc(NC(=O)c2ccc(Nc3cccc4cccnc34)nn2)cc1. The largest absolute Gasteiger partial charge is 0.497 e. The average molecular weight is 371 g/mol. The maximum Gasteiger partial charge on any atom is 0.276 e. The van der Waals surface area contributed by atoms with E-state index < -0.39 is 0 Å². The molecule has 0 saturated heterocycles. The summed E-state index contributed by atoms with van der Waals surface area (Å²) in [6, 6.07) is 20.1. The number of para-hydroxylation sites is 1. The number of hydrogen-bond donors (Lipinski definition) is 2. The molecule has 7 heteroatoms. The second kappa shape index (κ2) is 7.71. The van der Waals surface area contributed by atoms with Gasteiger partial charge in [-0.05, 0) is 48.5 Å². The zero-order valence-electron chi connectivity index (χ0n) is 15.1. The molecule has 2 aromatic carbocycles. The van der Waals surface area contributed by atoms with Crippen LogP contribution in [0, 0.1) is 0 Å². The van der Waals surface area contributed by atoms with Gasteiger partial charge in [-0.1, -0.05) is 18.2 Å². The fourth-order valence-corrected chi connectivity index (χ4v) is 2.73. The first-order valence-corrected chi connectivity index (χ1v) is 8.63. The van der Waals surface area contributed by atoms with Gasteiger partial charge in [0, 0.05) is 17.3 Å². The highest BCUT2D eigenvalue weighted by Crippen LogP contribution is 2.23. The first-order valence-electron chi connectivity index (χ1n) is 8.63. The smallest absolute Gasteiger partial charge is 0.276 e. The van der Waals surface area contributed by atoms with Crippen molar-refractivity contribution in [2.24, 2.45) is 0 Å². The standard InChI is InChI=1S/C21H17N5O2/c1-28-16-9-7-15(8-10-16)23-21(27)18-11-12-19(26-25-18)24-17-6-2-4-14-5-3-13-22-20(14)17/h2-13H,1H3,(H,23,27)(H,24,26). The average Bonchev–Trinajstić information content (AvgIpc) is 2.75. The Morgan fingerprint density at radius 2 is 1.75 bits per heavy atom. The fraction of sp³-hybridized carbons (Fsp3) is 0.0476.